The van der Waals surface area contributed by atoms with Crippen LogP contribution >= 0.6 is 0 Å². The molecule has 1 rings (SSSR count). The Morgan fingerprint density at radius 1 is 1.12 bits per heavy atom. The fraction of sp³-hybridized carbons (Fsp3) is 0.714. The van der Waals surface area contributed by atoms with Gasteiger partial charge in [-0.2, -0.15) is 0 Å². The molecule has 0 bridgehead atoms. The lowest BCUT2D eigenvalue weighted by Gasteiger charge is -1.94. The standard InChI is InChI=1S/C8H15N3.2C2H6.C2H4/c1-3-5-6-11-7-8(4-2)9-10-11;3*1-2/h7H,3-6H2,1-2H3;2*1-2H3;1-2H2. The minimum atomic E-state index is 0.978. The van der Waals surface area contributed by atoms with Crippen LogP contribution in [0.2, 0.25) is 0 Å². The second-order valence-corrected chi connectivity index (χ2v) is 2.68. The number of aromatic nitrogens is 3. The van der Waals surface area contributed by atoms with E-state index in [1.54, 1.807) is 0 Å². The predicted octanol–water partition coefficient (Wildman–Crippen LogP) is 4.50. The van der Waals surface area contributed by atoms with E-state index in [-0.39, 0.29) is 0 Å². The van der Waals surface area contributed by atoms with E-state index in [0.29, 0.717) is 0 Å². The molecule has 102 valence electrons. The topological polar surface area (TPSA) is 30.7 Å². The van der Waals surface area contributed by atoms with E-state index in [2.05, 4.69) is 37.3 Å². The summed E-state index contributed by atoms with van der Waals surface area (Å²) in [7, 11) is 0. The molecule has 0 aliphatic carbocycles. The monoisotopic (exact) mass is 241 g/mol. The Morgan fingerprint density at radius 2 is 1.65 bits per heavy atom. The highest BCUT2D eigenvalue weighted by atomic mass is 15.4. The van der Waals surface area contributed by atoms with Crippen molar-refractivity contribution >= 4 is 0 Å². The lowest BCUT2D eigenvalue weighted by molar-refractivity contribution is 0.553. The molecule has 1 aromatic heterocycles. The van der Waals surface area contributed by atoms with Crippen LogP contribution in [0.1, 0.15) is 60.1 Å². The van der Waals surface area contributed by atoms with Gasteiger partial charge in [-0.25, -0.2) is 0 Å². The van der Waals surface area contributed by atoms with E-state index in [0.717, 1.165) is 18.7 Å². The van der Waals surface area contributed by atoms with Crippen molar-refractivity contribution in [2.24, 2.45) is 0 Å². The maximum absolute atomic E-state index is 4.00. The zero-order valence-electron chi connectivity index (χ0n) is 12.7. The SMILES string of the molecule is C=C.CC.CC.CCCCn1cc(CC)nn1. The van der Waals surface area contributed by atoms with Crippen LogP contribution in [-0.4, -0.2) is 15.0 Å². The summed E-state index contributed by atoms with van der Waals surface area (Å²) >= 11 is 0. The minimum Gasteiger partial charge on any atom is -0.252 e. The molecular weight excluding hydrogens is 210 g/mol. The van der Waals surface area contributed by atoms with Crippen LogP contribution in [0.3, 0.4) is 0 Å². The number of rotatable bonds is 4. The molecule has 0 saturated carbocycles. The van der Waals surface area contributed by atoms with Gasteiger partial charge >= 0.3 is 0 Å². The van der Waals surface area contributed by atoms with Gasteiger partial charge in [-0.1, -0.05) is 53.2 Å². The van der Waals surface area contributed by atoms with Gasteiger partial charge in [0.25, 0.3) is 0 Å². The van der Waals surface area contributed by atoms with E-state index in [9.17, 15) is 0 Å². The van der Waals surface area contributed by atoms with E-state index in [1.165, 1.54) is 12.8 Å². The molecule has 0 aliphatic heterocycles. The molecular formula is C14H31N3. The highest BCUT2D eigenvalue weighted by Gasteiger charge is 1.95. The fourth-order valence-corrected chi connectivity index (χ4v) is 0.930. The normalized spacial score (nSPS) is 7.65. The maximum atomic E-state index is 4.00. The van der Waals surface area contributed by atoms with E-state index >= 15 is 0 Å². The van der Waals surface area contributed by atoms with Gasteiger partial charge < -0.3 is 0 Å². The van der Waals surface area contributed by atoms with Gasteiger partial charge in [0.15, 0.2) is 0 Å². The van der Waals surface area contributed by atoms with Crippen molar-refractivity contribution in [1.82, 2.24) is 15.0 Å². The lowest BCUT2D eigenvalue weighted by atomic mass is 10.3. The van der Waals surface area contributed by atoms with Crippen LogP contribution in [0.25, 0.3) is 0 Å². The van der Waals surface area contributed by atoms with Crippen LogP contribution in [0.15, 0.2) is 19.4 Å². The first-order valence-electron chi connectivity index (χ1n) is 6.75. The quantitative estimate of drug-likeness (QED) is 0.727. The van der Waals surface area contributed by atoms with Crippen molar-refractivity contribution in [3.63, 3.8) is 0 Å². The van der Waals surface area contributed by atoms with E-state index < -0.39 is 0 Å². The molecule has 0 saturated heterocycles. The van der Waals surface area contributed by atoms with Gasteiger partial charge in [-0.05, 0) is 12.8 Å². The first-order valence-corrected chi connectivity index (χ1v) is 6.75. The number of unbranched alkanes of at least 4 members (excludes halogenated alkanes) is 1. The van der Waals surface area contributed by atoms with Crippen molar-refractivity contribution in [2.75, 3.05) is 0 Å². The average Bonchev–Trinajstić information content (AvgIpc) is 2.91. The Kier molecular flexibility index (Phi) is 25.3. The average molecular weight is 241 g/mol. The number of hydrogen-bond donors (Lipinski definition) is 0. The molecule has 0 N–H and O–H groups in total. The number of aryl methyl sites for hydroxylation is 2. The summed E-state index contributed by atoms with van der Waals surface area (Å²) in [6.45, 7) is 19.3. The van der Waals surface area contributed by atoms with Crippen LogP contribution < -0.4 is 0 Å². The van der Waals surface area contributed by atoms with Crippen LogP contribution in [0.5, 0.6) is 0 Å². The smallest absolute Gasteiger partial charge is 0.0824 e. The Morgan fingerprint density at radius 3 is 2.00 bits per heavy atom. The summed E-state index contributed by atoms with van der Waals surface area (Å²) in [4.78, 5) is 0. The highest BCUT2D eigenvalue weighted by molar-refractivity contribution is 4.90. The molecule has 3 heteroatoms. The zero-order chi connectivity index (χ0) is 14.1. The largest absolute Gasteiger partial charge is 0.252 e. The summed E-state index contributed by atoms with van der Waals surface area (Å²) in [5, 5.41) is 7.99. The molecule has 0 fully saturated rings. The molecule has 0 aromatic carbocycles. The first-order chi connectivity index (χ1) is 8.36. The number of hydrogen-bond acceptors (Lipinski definition) is 2. The Bertz CT molecular complexity index is 219. The predicted molar refractivity (Wildman–Crippen MR) is 78.3 cm³/mol. The third kappa shape index (κ3) is 12.8. The molecule has 1 aromatic rings. The van der Waals surface area contributed by atoms with Crippen molar-refractivity contribution in [3.8, 4) is 0 Å². The highest BCUT2D eigenvalue weighted by Crippen LogP contribution is 1.96. The molecule has 0 atom stereocenters. The third-order valence-corrected chi connectivity index (χ3v) is 1.69. The van der Waals surface area contributed by atoms with Gasteiger partial charge in [0.2, 0.25) is 0 Å². The Balaban J connectivity index is -0.000000285. The van der Waals surface area contributed by atoms with Crippen LogP contribution in [0, 0.1) is 0 Å². The summed E-state index contributed by atoms with van der Waals surface area (Å²) in [5.74, 6) is 0. The van der Waals surface area contributed by atoms with Crippen molar-refractivity contribution in [2.45, 2.75) is 67.3 Å². The van der Waals surface area contributed by atoms with Gasteiger partial charge in [0.1, 0.15) is 0 Å². The Labute approximate surface area is 108 Å². The first kappa shape index (κ1) is 21.2. The second kappa shape index (κ2) is 20.3. The molecule has 1 heterocycles. The van der Waals surface area contributed by atoms with E-state index in [1.807, 2.05) is 38.6 Å². The number of nitrogens with zero attached hydrogens (tertiary/aromatic N) is 3. The van der Waals surface area contributed by atoms with Crippen LogP contribution in [-0.2, 0) is 13.0 Å². The molecule has 0 amide bonds. The second-order valence-electron chi connectivity index (χ2n) is 2.68. The van der Waals surface area contributed by atoms with Gasteiger partial charge in [-0.3, -0.25) is 4.68 Å². The zero-order valence-corrected chi connectivity index (χ0v) is 12.7. The van der Waals surface area contributed by atoms with E-state index in [4.69, 9.17) is 0 Å². The van der Waals surface area contributed by atoms with Crippen molar-refractivity contribution < 1.29 is 0 Å². The summed E-state index contributed by atoms with van der Waals surface area (Å²) in [6.07, 6.45) is 5.40. The molecule has 0 aliphatic rings. The molecule has 0 radical (unpaired) electrons. The van der Waals surface area contributed by atoms with Crippen LogP contribution in [0.4, 0.5) is 0 Å². The van der Waals surface area contributed by atoms with Gasteiger partial charge in [0, 0.05) is 12.7 Å². The third-order valence-electron chi connectivity index (χ3n) is 1.69. The summed E-state index contributed by atoms with van der Waals surface area (Å²) in [6, 6.07) is 0. The molecule has 17 heavy (non-hydrogen) atoms. The molecule has 0 unspecified atom stereocenters. The fourth-order valence-electron chi connectivity index (χ4n) is 0.930. The maximum Gasteiger partial charge on any atom is 0.0824 e. The van der Waals surface area contributed by atoms with Crippen molar-refractivity contribution in [3.05, 3.63) is 25.0 Å². The van der Waals surface area contributed by atoms with Gasteiger partial charge in [0.05, 0.1) is 5.69 Å². The Hall–Kier alpha value is -1.12. The summed E-state index contributed by atoms with van der Waals surface area (Å²) in [5.41, 5.74) is 1.08. The molecule has 0 spiro atoms. The van der Waals surface area contributed by atoms with Crippen molar-refractivity contribution in [1.29, 1.82) is 0 Å². The minimum absolute atomic E-state index is 0.978. The van der Waals surface area contributed by atoms with Gasteiger partial charge in [-0.15, -0.1) is 18.3 Å². The summed E-state index contributed by atoms with van der Waals surface area (Å²) < 4.78 is 1.92. The lowest BCUT2D eigenvalue weighted by Crippen LogP contribution is -1.97. The molecule has 3 nitrogen and oxygen atoms in total.